The highest BCUT2D eigenvalue weighted by Gasteiger charge is 2.26. The molecule has 2 aromatic heterocycles. The van der Waals surface area contributed by atoms with E-state index in [-0.39, 0.29) is 24.4 Å². The number of anilines is 2. The second-order valence-electron chi connectivity index (χ2n) is 7.02. The predicted molar refractivity (Wildman–Crippen MR) is 116 cm³/mol. The number of rotatable bonds is 4. The van der Waals surface area contributed by atoms with Crippen LogP contribution in [-0.2, 0) is 6.54 Å². The van der Waals surface area contributed by atoms with Crippen molar-refractivity contribution in [2.75, 3.05) is 24.6 Å². The van der Waals surface area contributed by atoms with Crippen LogP contribution in [-0.4, -0.2) is 43.6 Å². The summed E-state index contributed by atoms with van der Waals surface area (Å²) in [6, 6.07) is 14.7. The van der Waals surface area contributed by atoms with Gasteiger partial charge in [-0.15, -0.1) is 12.4 Å². The molecule has 0 bridgehead atoms. The average molecular weight is 409 g/mol. The molecule has 148 valence electrons. The van der Waals surface area contributed by atoms with Gasteiger partial charge in [-0.25, -0.2) is 0 Å². The van der Waals surface area contributed by atoms with Crippen molar-refractivity contribution in [1.29, 1.82) is 0 Å². The smallest absolute Gasteiger partial charge is 0.228 e. The molecule has 3 heterocycles. The third kappa shape index (κ3) is 3.59. The summed E-state index contributed by atoms with van der Waals surface area (Å²) in [6.07, 6.45) is 1.78. The number of fused-ring (bicyclic) bond motifs is 2. The van der Waals surface area contributed by atoms with Gasteiger partial charge in [0.1, 0.15) is 0 Å². The van der Waals surface area contributed by atoms with Crippen molar-refractivity contribution in [3.05, 3.63) is 59.8 Å². The van der Waals surface area contributed by atoms with E-state index in [0.717, 1.165) is 23.0 Å². The summed E-state index contributed by atoms with van der Waals surface area (Å²) in [5.74, 6) is 1.20. The van der Waals surface area contributed by atoms with Gasteiger partial charge in [0.25, 0.3) is 0 Å². The fraction of sp³-hybridized carbons (Fsp3) is 0.200. The summed E-state index contributed by atoms with van der Waals surface area (Å²) < 4.78 is 0. The summed E-state index contributed by atoms with van der Waals surface area (Å²) in [7, 11) is 2.12. The summed E-state index contributed by atoms with van der Waals surface area (Å²) in [6.45, 7) is 1.63. The Labute approximate surface area is 174 Å². The first-order chi connectivity index (χ1) is 13.7. The number of nitrogen functional groups attached to an aromatic ring is 1. The van der Waals surface area contributed by atoms with Crippen molar-refractivity contribution >= 4 is 35.2 Å². The topological polar surface area (TPSA) is 109 Å². The van der Waals surface area contributed by atoms with Crippen LogP contribution in [0.1, 0.15) is 17.2 Å². The lowest BCUT2D eigenvalue weighted by molar-refractivity contribution is 0.278. The van der Waals surface area contributed by atoms with Crippen LogP contribution in [0.2, 0.25) is 0 Å². The Morgan fingerprint density at radius 1 is 1.17 bits per heavy atom. The molecule has 0 aliphatic carbocycles. The van der Waals surface area contributed by atoms with Crippen LogP contribution in [0.5, 0.6) is 0 Å². The van der Waals surface area contributed by atoms with Gasteiger partial charge < -0.3 is 11.1 Å². The Morgan fingerprint density at radius 2 is 2.03 bits per heavy atom. The van der Waals surface area contributed by atoms with Gasteiger partial charge in [-0.3, -0.25) is 10.00 Å². The van der Waals surface area contributed by atoms with Crippen LogP contribution in [0.15, 0.2) is 48.7 Å². The molecule has 1 atom stereocenters. The van der Waals surface area contributed by atoms with E-state index in [1.807, 2.05) is 18.2 Å². The van der Waals surface area contributed by atoms with Crippen molar-refractivity contribution in [2.45, 2.75) is 12.6 Å². The molecule has 8 nitrogen and oxygen atoms in total. The van der Waals surface area contributed by atoms with Gasteiger partial charge in [-0.1, -0.05) is 36.4 Å². The molecule has 1 unspecified atom stereocenters. The maximum Gasteiger partial charge on any atom is 0.228 e. The molecule has 1 aliphatic rings. The highest BCUT2D eigenvalue weighted by atomic mass is 35.5. The lowest BCUT2D eigenvalue weighted by Gasteiger charge is -2.21. The number of aromatic nitrogens is 5. The van der Waals surface area contributed by atoms with Gasteiger partial charge in [0, 0.05) is 24.0 Å². The van der Waals surface area contributed by atoms with E-state index in [2.05, 4.69) is 66.7 Å². The molecule has 9 heteroatoms. The van der Waals surface area contributed by atoms with Gasteiger partial charge in [-0.05, 0) is 24.2 Å². The van der Waals surface area contributed by atoms with Crippen LogP contribution >= 0.6 is 12.4 Å². The zero-order chi connectivity index (χ0) is 19.1. The molecule has 2 aromatic carbocycles. The average Bonchev–Trinajstić information content (AvgIpc) is 3.28. The van der Waals surface area contributed by atoms with E-state index >= 15 is 0 Å². The van der Waals surface area contributed by atoms with E-state index in [1.165, 1.54) is 11.1 Å². The highest BCUT2D eigenvalue weighted by Crippen LogP contribution is 2.32. The van der Waals surface area contributed by atoms with Crippen LogP contribution in [0, 0.1) is 0 Å². The first-order valence-corrected chi connectivity index (χ1v) is 9.14. The largest absolute Gasteiger partial charge is 0.368 e. The number of hydrogen-bond donors (Lipinski definition) is 3. The second kappa shape index (κ2) is 7.65. The first kappa shape index (κ1) is 19.1. The number of likely N-dealkylation sites (N-methyl/N-ethyl adjacent to an activating group) is 1. The third-order valence-electron chi connectivity index (χ3n) is 5.17. The van der Waals surface area contributed by atoms with Gasteiger partial charge in [-0.2, -0.15) is 20.1 Å². The van der Waals surface area contributed by atoms with Gasteiger partial charge >= 0.3 is 0 Å². The Balaban J connectivity index is 0.00000205. The summed E-state index contributed by atoms with van der Waals surface area (Å²) in [5.41, 5.74) is 10.4. The fourth-order valence-electron chi connectivity index (χ4n) is 3.75. The van der Waals surface area contributed by atoms with E-state index < -0.39 is 0 Å². The third-order valence-corrected chi connectivity index (χ3v) is 5.17. The Kier molecular flexibility index (Phi) is 5.04. The van der Waals surface area contributed by atoms with Gasteiger partial charge in [0.05, 0.1) is 17.8 Å². The number of H-pyrrole nitrogens is 1. The van der Waals surface area contributed by atoms with E-state index in [4.69, 9.17) is 5.73 Å². The molecular weight excluding hydrogens is 388 g/mol. The zero-order valence-electron chi connectivity index (χ0n) is 15.8. The molecule has 0 radical (unpaired) electrons. The minimum Gasteiger partial charge on any atom is -0.368 e. The minimum atomic E-state index is 0. The Morgan fingerprint density at radius 3 is 2.93 bits per heavy atom. The van der Waals surface area contributed by atoms with Crippen molar-refractivity contribution in [3.8, 4) is 11.4 Å². The summed E-state index contributed by atoms with van der Waals surface area (Å²) in [4.78, 5) is 15.4. The number of nitrogens with two attached hydrogens (primary N) is 1. The molecule has 0 amide bonds. The lowest BCUT2D eigenvalue weighted by Crippen LogP contribution is -2.24. The standard InChI is InChI=1S/C20H20N8.ClH/c1-28-11-14-4-2-3-5-15(14)17(28)10-22-20-25-18(24-19(21)26-20)12-6-7-13-9-23-27-16(13)8-12;/h2-9,17H,10-11H2,1H3,(H,23,27)(H3,21,22,24,25,26);1H. The number of benzene rings is 2. The van der Waals surface area contributed by atoms with Crippen LogP contribution in [0.4, 0.5) is 11.9 Å². The van der Waals surface area contributed by atoms with Gasteiger partial charge in [0.15, 0.2) is 5.82 Å². The quantitative estimate of drug-likeness (QED) is 0.476. The Bertz CT molecular complexity index is 1160. The number of nitrogens with one attached hydrogen (secondary N) is 2. The van der Waals surface area contributed by atoms with Crippen LogP contribution in [0.3, 0.4) is 0 Å². The van der Waals surface area contributed by atoms with Crippen molar-refractivity contribution < 1.29 is 0 Å². The number of hydrogen-bond acceptors (Lipinski definition) is 7. The normalized spacial score (nSPS) is 15.8. The van der Waals surface area contributed by atoms with E-state index in [0.29, 0.717) is 18.3 Å². The Hall–Kier alpha value is -3.23. The minimum absolute atomic E-state index is 0. The molecule has 0 saturated heterocycles. The fourth-order valence-corrected chi connectivity index (χ4v) is 3.75. The molecule has 5 rings (SSSR count). The molecule has 4 aromatic rings. The van der Waals surface area contributed by atoms with Gasteiger partial charge in [0.2, 0.25) is 11.9 Å². The van der Waals surface area contributed by atoms with E-state index in [1.54, 1.807) is 6.20 Å². The van der Waals surface area contributed by atoms with Crippen LogP contribution in [0.25, 0.3) is 22.3 Å². The maximum atomic E-state index is 5.94. The molecular formula is C20H21ClN8. The second-order valence-corrected chi connectivity index (χ2v) is 7.02. The molecule has 1 aliphatic heterocycles. The molecule has 0 saturated carbocycles. The maximum absolute atomic E-state index is 5.94. The van der Waals surface area contributed by atoms with Crippen molar-refractivity contribution in [2.24, 2.45) is 0 Å². The summed E-state index contributed by atoms with van der Waals surface area (Å²) in [5, 5.41) is 11.4. The van der Waals surface area contributed by atoms with Crippen molar-refractivity contribution in [3.63, 3.8) is 0 Å². The molecule has 4 N–H and O–H groups in total. The number of nitrogens with zero attached hydrogens (tertiary/aromatic N) is 5. The van der Waals surface area contributed by atoms with Crippen LogP contribution < -0.4 is 11.1 Å². The first-order valence-electron chi connectivity index (χ1n) is 9.14. The number of halogens is 1. The predicted octanol–water partition coefficient (Wildman–Crippen LogP) is 3.02. The highest BCUT2D eigenvalue weighted by molar-refractivity contribution is 5.85. The SMILES string of the molecule is CN1Cc2ccccc2C1CNc1nc(N)nc(-c2ccc3cn[nH]c3c2)n1.Cl. The van der Waals surface area contributed by atoms with Crippen molar-refractivity contribution in [1.82, 2.24) is 30.0 Å². The zero-order valence-corrected chi connectivity index (χ0v) is 16.6. The molecule has 0 spiro atoms. The molecule has 29 heavy (non-hydrogen) atoms. The number of aromatic amines is 1. The summed E-state index contributed by atoms with van der Waals surface area (Å²) >= 11 is 0. The molecule has 0 fully saturated rings. The van der Waals surface area contributed by atoms with E-state index in [9.17, 15) is 0 Å². The lowest BCUT2D eigenvalue weighted by atomic mass is 10.1. The monoisotopic (exact) mass is 408 g/mol.